The van der Waals surface area contributed by atoms with Gasteiger partial charge in [-0.15, -0.1) is 0 Å². The van der Waals surface area contributed by atoms with E-state index in [2.05, 4.69) is 85.1 Å². The van der Waals surface area contributed by atoms with E-state index in [1.165, 1.54) is 28.7 Å². The molecule has 110 valence electrons. The fourth-order valence-corrected chi connectivity index (χ4v) is 2.93. The normalized spacial score (nSPS) is 21.1. The summed E-state index contributed by atoms with van der Waals surface area (Å²) >= 11 is 0. The Balaban J connectivity index is 1.99. The molecule has 0 unspecified atom stereocenters. The minimum Gasteiger partial charge on any atom is -0.0801 e. The molecule has 0 aromatic heterocycles. The van der Waals surface area contributed by atoms with E-state index in [0.717, 1.165) is 19.3 Å². The van der Waals surface area contributed by atoms with E-state index in [4.69, 9.17) is 0 Å². The lowest BCUT2D eigenvalue weighted by molar-refractivity contribution is 0.873. The lowest BCUT2D eigenvalue weighted by atomic mass is 9.89. The van der Waals surface area contributed by atoms with Gasteiger partial charge in [0, 0.05) is 0 Å². The minimum atomic E-state index is 1.00. The third-order valence-electron chi connectivity index (χ3n) is 4.04. The second-order valence-corrected chi connectivity index (χ2v) is 5.63. The molecular formula is C22H22. The summed E-state index contributed by atoms with van der Waals surface area (Å²) in [5, 5.41) is 0. The van der Waals surface area contributed by atoms with Crippen LogP contribution in [0.1, 0.15) is 25.7 Å². The van der Waals surface area contributed by atoms with Crippen molar-refractivity contribution in [3.8, 4) is 0 Å². The average molecular weight is 286 g/mol. The van der Waals surface area contributed by atoms with Crippen LogP contribution in [0.5, 0.6) is 0 Å². The van der Waals surface area contributed by atoms with Gasteiger partial charge in [0.1, 0.15) is 0 Å². The molecule has 0 aromatic rings. The van der Waals surface area contributed by atoms with E-state index in [-0.39, 0.29) is 0 Å². The molecule has 0 atom stereocenters. The van der Waals surface area contributed by atoms with Gasteiger partial charge in [0.25, 0.3) is 0 Å². The first kappa shape index (κ1) is 14.6. The summed E-state index contributed by atoms with van der Waals surface area (Å²) in [5.41, 5.74) is 5.49. The molecule has 0 spiro atoms. The molecular weight excluding hydrogens is 264 g/mol. The van der Waals surface area contributed by atoms with Crippen LogP contribution in [-0.4, -0.2) is 0 Å². The van der Waals surface area contributed by atoms with Crippen LogP contribution in [0, 0.1) is 0 Å². The fraction of sp³-hybridized carbons (Fsp3) is 0.182. The molecule has 0 bridgehead atoms. The Labute approximate surface area is 133 Å². The first-order valence-electron chi connectivity index (χ1n) is 8.11. The highest BCUT2D eigenvalue weighted by Crippen LogP contribution is 2.33. The van der Waals surface area contributed by atoms with Crippen molar-refractivity contribution in [2.75, 3.05) is 0 Å². The van der Waals surface area contributed by atoms with Crippen LogP contribution in [0.3, 0.4) is 0 Å². The SMILES string of the molecule is C1=CC=CC(C2=CCCCC=C2C2=CC=CC=CC2)=CC=C1. The predicted molar refractivity (Wildman–Crippen MR) is 96.5 cm³/mol. The van der Waals surface area contributed by atoms with Crippen LogP contribution >= 0.6 is 0 Å². The van der Waals surface area contributed by atoms with Gasteiger partial charge >= 0.3 is 0 Å². The highest BCUT2D eigenvalue weighted by molar-refractivity contribution is 5.61. The van der Waals surface area contributed by atoms with Crippen molar-refractivity contribution in [3.63, 3.8) is 0 Å². The molecule has 0 saturated heterocycles. The Bertz CT molecular complexity index is 680. The molecule has 0 N–H and O–H groups in total. The summed E-state index contributed by atoms with van der Waals surface area (Å²) in [6, 6.07) is 0. The topological polar surface area (TPSA) is 0 Å². The Morgan fingerprint density at radius 3 is 2.32 bits per heavy atom. The van der Waals surface area contributed by atoms with E-state index < -0.39 is 0 Å². The van der Waals surface area contributed by atoms with Gasteiger partial charge in [-0.3, -0.25) is 0 Å². The fourth-order valence-electron chi connectivity index (χ4n) is 2.93. The van der Waals surface area contributed by atoms with Gasteiger partial charge in [0.15, 0.2) is 0 Å². The van der Waals surface area contributed by atoms with Gasteiger partial charge in [-0.1, -0.05) is 85.1 Å². The van der Waals surface area contributed by atoms with Crippen molar-refractivity contribution in [2.45, 2.75) is 25.7 Å². The molecule has 3 aliphatic carbocycles. The molecule has 0 aromatic carbocycles. The quantitative estimate of drug-likeness (QED) is 0.577. The van der Waals surface area contributed by atoms with Crippen LogP contribution < -0.4 is 0 Å². The Kier molecular flexibility index (Phi) is 5.04. The average Bonchev–Trinajstić information content (AvgIpc) is 2.89. The van der Waals surface area contributed by atoms with Crippen molar-refractivity contribution in [2.24, 2.45) is 0 Å². The van der Waals surface area contributed by atoms with Crippen LogP contribution in [-0.2, 0) is 0 Å². The molecule has 0 heterocycles. The summed E-state index contributed by atoms with van der Waals surface area (Å²) < 4.78 is 0. The highest BCUT2D eigenvalue weighted by atomic mass is 14.2. The molecule has 0 radical (unpaired) electrons. The van der Waals surface area contributed by atoms with E-state index in [9.17, 15) is 0 Å². The van der Waals surface area contributed by atoms with Crippen molar-refractivity contribution >= 4 is 0 Å². The largest absolute Gasteiger partial charge is 0.0801 e. The Morgan fingerprint density at radius 1 is 0.636 bits per heavy atom. The summed E-state index contributed by atoms with van der Waals surface area (Å²) in [4.78, 5) is 0. The molecule has 3 rings (SSSR count). The highest BCUT2D eigenvalue weighted by Gasteiger charge is 2.14. The molecule has 0 nitrogen and oxygen atoms in total. The van der Waals surface area contributed by atoms with Crippen molar-refractivity contribution in [3.05, 3.63) is 107 Å². The summed E-state index contributed by atoms with van der Waals surface area (Å²) in [5.74, 6) is 0. The molecule has 22 heavy (non-hydrogen) atoms. The first-order chi connectivity index (χ1) is 10.9. The molecule has 0 fully saturated rings. The van der Waals surface area contributed by atoms with Crippen molar-refractivity contribution in [1.29, 1.82) is 0 Å². The number of hydrogen-bond acceptors (Lipinski definition) is 0. The molecule has 0 heteroatoms. The Hall–Kier alpha value is -2.34. The lowest BCUT2D eigenvalue weighted by Gasteiger charge is -2.15. The molecule has 0 saturated carbocycles. The molecule has 0 amide bonds. The van der Waals surface area contributed by atoms with E-state index in [0.29, 0.717) is 0 Å². The lowest BCUT2D eigenvalue weighted by Crippen LogP contribution is -1.97. The smallest absolute Gasteiger partial charge is 0.00883 e. The first-order valence-corrected chi connectivity index (χ1v) is 8.11. The molecule has 3 aliphatic rings. The van der Waals surface area contributed by atoms with Crippen LogP contribution in [0.2, 0.25) is 0 Å². The maximum atomic E-state index is 2.42. The van der Waals surface area contributed by atoms with E-state index >= 15 is 0 Å². The summed E-state index contributed by atoms with van der Waals surface area (Å²) in [6.07, 6.45) is 35.2. The maximum absolute atomic E-state index is 2.42. The van der Waals surface area contributed by atoms with Gasteiger partial charge < -0.3 is 0 Å². The van der Waals surface area contributed by atoms with Gasteiger partial charge in [-0.25, -0.2) is 0 Å². The monoisotopic (exact) mass is 286 g/mol. The summed E-state index contributed by atoms with van der Waals surface area (Å²) in [7, 11) is 0. The van der Waals surface area contributed by atoms with Crippen LogP contribution in [0.25, 0.3) is 0 Å². The van der Waals surface area contributed by atoms with Gasteiger partial charge in [-0.2, -0.15) is 0 Å². The second-order valence-electron chi connectivity index (χ2n) is 5.63. The number of hydrogen-bond donors (Lipinski definition) is 0. The van der Waals surface area contributed by atoms with E-state index in [1.807, 2.05) is 0 Å². The van der Waals surface area contributed by atoms with Gasteiger partial charge in [0.05, 0.1) is 0 Å². The summed E-state index contributed by atoms with van der Waals surface area (Å²) in [6.45, 7) is 0. The van der Waals surface area contributed by atoms with Crippen molar-refractivity contribution in [1.82, 2.24) is 0 Å². The number of rotatable bonds is 2. The predicted octanol–water partition coefficient (Wildman–Crippen LogP) is 6.07. The third kappa shape index (κ3) is 3.65. The van der Waals surface area contributed by atoms with Crippen LogP contribution in [0.4, 0.5) is 0 Å². The zero-order valence-electron chi connectivity index (χ0n) is 12.9. The minimum absolute atomic E-state index is 1.00. The number of allylic oxidation sites excluding steroid dienone is 18. The van der Waals surface area contributed by atoms with Crippen LogP contribution in [0.15, 0.2) is 107 Å². The Morgan fingerprint density at radius 2 is 1.36 bits per heavy atom. The van der Waals surface area contributed by atoms with Crippen molar-refractivity contribution < 1.29 is 0 Å². The second kappa shape index (κ2) is 7.61. The van der Waals surface area contributed by atoms with Gasteiger partial charge in [0.2, 0.25) is 0 Å². The van der Waals surface area contributed by atoms with E-state index in [1.54, 1.807) is 0 Å². The standard InChI is InChI=1S/C22H22/c1-2-7-13-19(14-8-3-1)21-17-11-6-12-18-22(21)20-15-9-4-5-10-16-20/h1-5,7-10,13-15,17-18H,6,11-12,16H2. The van der Waals surface area contributed by atoms with Gasteiger partial charge in [-0.05, 0) is 48.0 Å². The zero-order chi connectivity index (χ0) is 15.0. The maximum Gasteiger partial charge on any atom is -0.00883 e. The third-order valence-corrected chi connectivity index (χ3v) is 4.04. The molecule has 0 aliphatic heterocycles. The zero-order valence-corrected chi connectivity index (χ0v) is 12.9.